The van der Waals surface area contributed by atoms with E-state index in [9.17, 15) is 9.59 Å². The number of hydrogen-bond acceptors (Lipinski definition) is 7. The van der Waals surface area contributed by atoms with Crippen LogP contribution in [0.25, 0.3) is 0 Å². The molecule has 1 heterocycles. The average molecular weight is 528 g/mol. The minimum Gasteiger partial charge on any atom is -0.481 e. The SMILES string of the molecule is O=C(O)CCNC(=S)NCCCNc1nc(Nc2ccccc2Cl)ncc1C(=O)Nc1ccccc1. The lowest BCUT2D eigenvalue weighted by atomic mass is 10.2. The lowest BCUT2D eigenvalue weighted by Gasteiger charge is -2.14. The number of nitrogens with one attached hydrogen (secondary N) is 5. The van der Waals surface area contributed by atoms with Crippen molar-refractivity contribution in [1.29, 1.82) is 0 Å². The molecular weight excluding hydrogens is 502 g/mol. The molecule has 2 aromatic carbocycles. The smallest absolute Gasteiger partial charge is 0.305 e. The number of nitrogens with zero attached hydrogens (tertiary/aromatic N) is 2. The second kappa shape index (κ2) is 13.8. The number of carbonyl (C=O) groups is 2. The van der Waals surface area contributed by atoms with Crippen molar-refractivity contribution >= 4 is 63.9 Å². The van der Waals surface area contributed by atoms with E-state index in [1.807, 2.05) is 30.3 Å². The van der Waals surface area contributed by atoms with Gasteiger partial charge in [-0.2, -0.15) is 4.98 Å². The molecule has 3 rings (SSSR count). The zero-order valence-corrected chi connectivity index (χ0v) is 20.8. The van der Waals surface area contributed by atoms with Crippen molar-refractivity contribution in [2.24, 2.45) is 0 Å². The van der Waals surface area contributed by atoms with Crippen LogP contribution in [0.15, 0.2) is 60.8 Å². The first-order valence-electron chi connectivity index (χ1n) is 11.1. The predicted molar refractivity (Wildman–Crippen MR) is 145 cm³/mol. The molecule has 0 aliphatic carbocycles. The van der Waals surface area contributed by atoms with Crippen molar-refractivity contribution in [3.05, 3.63) is 71.4 Å². The van der Waals surface area contributed by atoms with E-state index < -0.39 is 5.97 Å². The van der Waals surface area contributed by atoms with Crippen LogP contribution in [0.3, 0.4) is 0 Å². The quantitative estimate of drug-likeness (QED) is 0.152. The minimum absolute atomic E-state index is 0.0184. The number of carbonyl (C=O) groups excluding carboxylic acids is 1. The molecule has 0 radical (unpaired) electrons. The monoisotopic (exact) mass is 527 g/mol. The third-order valence-electron chi connectivity index (χ3n) is 4.74. The number of carboxylic acid groups (broad SMARTS) is 1. The molecule has 0 saturated heterocycles. The molecule has 0 fully saturated rings. The summed E-state index contributed by atoms with van der Waals surface area (Å²) in [5, 5.41) is 24.5. The van der Waals surface area contributed by atoms with Crippen LogP contribution in [0.5, 0.6) is 0 Å². The lowest BCUT2D eigenvalue weighted by Crippen LogP contribution is -2.37. The van der Waals surface area contributed by atoms with Crippen LogP contribution in [-0.2, 0) is 4.79 Å². The van der Waals surface area contributed by atoms with Crippen molar-refractivity contribution in [3.8, 4) is 0 Å². The average Bonchev–Trinajstić information content (AvgIpc) is 2.86. The van der Waals surface area contributed by atoms with Crippen LogP contribution in [0.4, 0.5) is 23.1 Å². The summed E-state index contributed by atoms with van der Waals surface area (Å²) in [7, 11) is 0. The summed E-state index contributed by atoms with van der Waals surface area (Å²) in [6, 6.07) is 16.3. The van der Waals surface area contributed by atoms with Crippen molar-refractivity contribution in [3.63, 3.8) is 0 Å². The Morgan fingerprint density at radius 1 is 0.972 bits per heavy atom. The Bertz CT molecular complexity index is 1200. The standard InChI is InChI=1S/C24H26ClN7O3S/c25-18-9-4-5-10-19(18)31-23-29-15-17(22(35)30-16-7-2-1-3-8-16)21(32-23)26-12-6-13-27-24(36)28-14-11-20(33)34/h1-5,7-10,15H,6,11-14H2,(H,30,35)(H,33,34)(H2,27,28,36)(H2,26,29,31,32). The molecule has 0 aliphatic heterocycles. The maximum atomic E-state index is 12.9. The number of thiocarbonyl (C=S) groups is 1. The molecule has 3 aromatic rings. The van der Waals surface area contributed by atoms with Gasteiger partial charge in [0.1, 0.15) is 11.4 Å². The molecule has 12 heteroatoms. The normalized spacial score (nSPS) is 10.2. The van der Waals surface area contributed by atoms with E-state index in [1.165, 1.54) is 6.20 Å². The van der Waals surface area contributed by atoms with Gasteiger partial charge < -0.3 is 31.7 Å². The van der Waals surface area contributed by atoms with Gasteiger partial charge in [-0.05, 0) is 42.9 Å². The summed E-state index contributed by atoms with van der Waals surface area (Å²) in [5.41, 5.74) is 1.57. The number of halogens is 1. The Hall–Kier alpha value is -3.96. The first-order chi connectivity index (χ1) is 17.4. The van der Waals surface area contributed by atoms with E-state index in [4.69, 9.17) is 28.9 Å². The number of amides is 1. The van der Waals surface area contributed by atoms with Crippen LogP contribution in [0.2, 0.25) is 5.02 Å². The largest absolute Gasteiger partial charge is 0.481 e. The van der Waals surface area contributed by atoms with E-state index in [0.717, 1.165) is 0 Å². The Balaban J connectivity index is 1.64. The van der Waals surface area contributed by atoms with Gasteiger partial charge >= 0.3 is 5.97 Å². The molecular formula is C24H26ClN7O3S. The second-order valence-corrected chi connectivity index (χ2v) is 8.30. The van der Waals surface area contributed by atoms with Crippen LogP contribution in [0, 0.1) is 0 Å². The maximum absolute atomic E-state index is 12.9. The van der Waals surface area contributed by atoms with Gasteiger partial charge in [-0.3, -0.25) is 9.59 Å². The topological polar surface area (TPSA) is 140 Å². The molecule has 0 saturated carbocycles. The van der Waals surface area contributed by atoms with Gasteiger partial charge in [0.05, 0.1) is 17.1 Å². The number of aliphatic carboxylic acids is 1. The van der Waals surface area contributed by atoms with E-state index in [0.29, 0.717) is 46.8 Å². The highest BCUT2D eigenvalue weighted by atomic mass is 35.5. The van der Waals surface area contributed by atoms with Gasteiger partial charge in [-0.1, -0.05) is 41.9 Å². The molecule has 36 heavy (non-hydrogen) atoms. The second-order valence-electron chi connectivity index (χ2n) is 7.49. The zero-order chi connectivity index (χ0) is 25.8. The van der Waals surface area contributed by atoms with Crippen molar-refractivity contribution < 1.29 is 14.7 Å². The fraction of sp³-hybridized carbons (Fsp3) is 0.208. The summed E-state index contributed by atoms with van der Waals surface area (Å²) in [4.78, 5) is 32.3. The van der Waals surface area contributed by atoms with Gasteiger partial charge in [0.25, 0.3) is 5.91 Å². The molecule has 6 N–H and O–H groups in total. The molecule has 0 bridgehead atoms. The van der Waals surface area contributed by atoms with Crippen molar-refractivity contribution in [1.82, 2.24) is 20.6 Å². The number of hydrogen-bond donors (Lipinski definition) is 6. The first-order valence-corrected chi connectivity index (χ1v) is 11.9. The Kier molecular flexibility index (Phi) is 10.2. The Morgan fingerprint density at radius 2 is 1.69 bits per heavy atom. The predicted octanol–water partition coefficient (Wildman–Crippen LogP) is 3.87. The number of aromatic nitrogens is 2. The van der Waals surface area contributed by atoms with Gasteiger partial charge in [-0.25, -0.2) is 4.98 Å². The van der Waals surface area contributed by atoms with Crippen molar-refractivity contribution in [2.75, 3.05) is 35.6 Å². The highest BCUT2D eigenvalue weighted by Gasteiger charge is 2.16. The highest BCUT2D eigenvalue weighted by Crippen LogP contribution is 2.24. The molecule has 1 aromatic heterocycles. The van der Waals surface area contributed by atoms with Gasteiger partial charge in [0.15, 0.2) is 5.11 Å². The molecule has 0 spiro atoms. The lowest BCUT2D eigenvalue weighted by molar-refractivity contribution is -0.136. The molecule has 0 atom stereocenters. The summed E-state index contributed by atoms with van der Waals surface area (Å²) in [6.45, 7) is 1.27. The number of benzene rings is 2. The molecule has 1 amide bonds. The number of rotatable bonds is 12. The van der Waals surface area contributed by atoms with Gasteiger partial charge in [0.2, 0.25) is 5.95 Å². The molecule has 188 valence electrons. The highest BCUT2D eigenvalue weighted by molar-refractivity contribution is 7.80. The molecule has 10 nitrogen and oxygen atoms in total. The molecule has 0 aliphatic rings. The summed E-state index contributed by atoms with van der Waals surface area (Å²) >= 11 is 11.4. The Morgan fingerprint density at radius 3 is 2.44 bits per heavy atom. The van der Waals surface area contributed by atoms with Crippen LogP contribution in [0.1, 0.15) is 23.2 Å². The fourth-order valence-corrected chi connectivity index (χ4v) is 3.38. The Labute approximate surface area is 218 Å². The number of anilines is 4. The number of para-hydroxylation sites is 2. The fourth-order valence-electron chi connectivity index (χ4n) is 2.99. The third-order valence-corrected chi connectivity index (χ3v) is 5.36. The van der Waals surface area contributed by atoms with Crippen molar-refractivity contribution in [2.45, 2.75) is 12.8 Å². The van der Waals surface area contributed by atoms with E-state index in [2.05, 4.69) is 36.6 Å². The van der Waals surface area contributed by atoms with Crippen LogP contribution >= 0.6 is 23.8 Å². The van der Waals surface area contributed by atoms with E-state index in [-0.39, 0.29) is 30.4 Å². The van der Waals surface area contributed by atoms with E-state index >= 15 is 0 Å². The van der Waals surface area contributed by atoms with Crippen LogP contribution in [-0.4, -0.2) is 51.7 Å². The van der Waals surface area contributed by atoms with E-state index in [1.54, 1.807) is 24.3 Å². The molecule has 0 unspecified atom stereocenters. The minimum atomic E-state index is -0.894. The van der Waals surface area contributed by atoms with Crippen LogP contribution < -0.4 is 26.6 Å². The zero-order valence-electron chi connectivity index (χ0n) is 19.3. The number of carboxylic acids is 1. The summed E-state index contributed by atoms with van der Waals surface area (Å²) in [6.07, 6.45) is 2.08. The maximum Gasteiger partial charge on any atom is 0.305 e. The first kappa shape index (κ1) is 26.6. The third kappa shape index (κ3) is 8.67. The van der Waals surface area contributed by atoms with Gasteiger partial charge in [-0.15, -0.1) is 0 Å². The summed E-state index contributed by atoms with van der Waals surface area (Å²) in [5.74, 6) is -0.608. The van der Waals surface area contributed by atoms with Gasteiger partial charge in [0, 0.05) is 31.5 Å². The summed E-state index contributed by atoms with van der Waals surface area (Å²) < 4.78 is 0.